The highest BCUT2D eigenvalue weighted by Gasteiger charge is 2.17. The fourth-order valence-electron chi connectivity index (χ4n) is 1.54. The average Bonchev–Trinajstić information content (AvgIpc) is 2.45. The van der Waals surface area contributed by atoms with Crippen LogP contribution in [0.15, 0.2) is 57.9 Å². The molecule has 2 aromatic rings. The highest BCUT2D eigenvalue weighted by atomic mass is 79.9. The molecule has 2 rings (SSSR count). The molecule has 3 N–H and O–H groups in total. The van der Waals surface area contributed by atoms with Crippen LogP contribution >= 0.6 is 15.9 Å². The number of para-hydroxylation sites is 1. The van der Waals surface area contributed by atoms with E-state index >= 15 is 0 Å². The quantitative estimate of drug-likeness (QED) is 0.714. The lowest BCUT2D eigenvalue weighted by Crippen LogP contribution is -2.41. The third kappa shape index (κ3) is 3.81. The maximum atomic E-state index is 12.0. The number of phenols is 1. The summed E-state index contributed by atoms with van der Waals surface area (Å²) in [6.45, 7) is 0. The van der Waals surface area contributed by atoms with Crippen LogP contribution in [0.4, 0.5) is 0 Å². The summed E-state index contributed by atoms with van der Waals surface area (Å²) in [5.41, 5.74) is 2.01. The van der Waals surface area contributed by atoms with E-state index in [2.05, 4.69) is 15.9 Å². The second kappa shape index (κ2) is 6.25. The van der Waals surface area contributed by atoms with Gasteiger partial charge in [-0.25, -0.2) is 8.42 Å². The summed E-state index contributed by atoms with van der Waals surface area (Å²) in [4.78, 5) is 13.8. The third-order valence-corrected chi connectivity index (χ3v) is 4.29. The van der Waals surface area contributed by atoms with E-state index in [9.17, 15) is 18.3 Å². The number of sulfonamides is 1. The van der Waals surface area contributed by atoms with E-state index in [-0.39, 0.29) is 16.2 Å². The number of hydrazine groups is 1. The van der Waals surface area contributed by atoms with E-state index < -0.39 is 15.9 Å². The smallest absolute Gasteiger partial charge is 0.269 e. The minimum absolute atomic E-state index is 0.00513. The summed E-state index contributed by atoms with van der Waals surface area (Å²) in [6, 6.07) is 11.8. The van der Waals surface area contributed by atoms with Gasteiger partial charge in [0.1, 0.15) is 5.75 Å². The Labute approximate surface area is 130 Å². The second-order valence-electron chi connectivity index (χ2n) is 4.03. The summed E-state index contributed by atoms with van der Waals surface area (Å²) >= 11 is 3.17. The van der Waals surface area contributed by atoms with Gasteiger partial charge in [0.05, 0.1) is 10.5 Å². The third-order valence-electron chi connectivity index (χ3n) is 2.55. The Hall–Kier alpha value is -1.90. The van der Waals surface area contributed by atoms with E-state index in [4.69, 9.17) is 0 Å². The Kier molecular flexibility index (Phi) is 4.61. The number of halogens is 1. The molecule has 0 aliphatic heterocycles. The maximum Gasteiger partial charge on any atom is 0.269 e. The van der Waals surface area contributed by atoms with Gasteiger partial charge in [-0.2, -0.15) is 0 Å². The minimum atomic E-state index is -3.89. The summed E-state index contributed by atoms with van der Waals surface area (Å²) in [5, 5.41) is 9.52. The van der Waals surface area contributed by atoms with Crippen molar-refractivity contribution in [3.05, 3.63) is 58.6 Å². The van der Waals surface area contributed by atoms with E-state index in [1.54, 1.807) is 24.3 Å². The van der Waals surface area contributed by atoms with Gasteiger partial charge in [0.25, 0.3) is 15.9 Å². The van der Waals surface area contributed by atoms with Crippen LogP contribution in [-0.4, -0.2) is 19.4 Å². The zero-order chi connectivity index (χ0) is 15.5. The molecule has 0 aliphatic carbocycles. The summed E-state index contributed by atoms with van der Waals surface area (Å²) in [6.07, 6.45) is 0. The zero-order valence-electron chi connectivity index (χ0n) is 10.6. The SMILES string of the molecule is O=C(NNS(=O)(=O)c1cccc(Br)c1)c1ccccc1O. The predicted octanol–water partition coefficient (Wildman–Crippen LogP) is 1.78. The van der Waals surface area contributed by atoms with Gasteiger partial charge in [0.15, 0.2) is 0 Å². The van der Waals surface area contributed by atoms with Crippen molar-refractivity contribution < 1.29 is 18.3 Å². The molecule has 8 heteroatoms. The number of phenolic OH excluding ortho intramolecular Hbond substituents is 1. The number of aromatic hydroxyl groups is 1. The lowest BCUT2D eigenvalue weighted by molar-refractivity contribution is 0.0942. The number of carbonyl (C=O) groups excluding carboxylic acids is 1. The van der Waals surface area contributed by atoms with Crippen molar-refractivity contribution in [2.75, 3.05) is 0 Å². The van der Waals surface area contributed by atoms with Crippen molar-refractivity contribution in [3.63, 3.8) is 0 Å². The fraction of sp³-hybridized carbons (Fsp3) is 0. The predicted molar refractivity (Wildman–Crippen MR) is 80.0 cm³/mol. The first-order chi connectivity index (χ1) is 9.90. The first kappa shape index (κ1) is 15.5. The number of nitrogens with one attached hydrogen (secondary N) is 2. The molecule has 1 amide bonds. The molecule has 0 spiro atoms. The Morgan fingerprint density at radius 1 is 1.10 bits per heavy atom. The molecule has 0 heterocycles. The Bertz CT molecular complexity index is 777. The van der Waals surface area contributed by atoms with Gasteiger partial charge in [-0.15, -0.1) is 4.83 Å². The van der Waals surface area contributed by atoms with Crippen LogP contribution in [0.5, 0.6) is 5.75 Å². The molecule has 0 atom stereocenters. The number of carbonyl (C=O) groups is 1. The molecule has 0 fully saturated rings. The highest BCUT2D eigenvalue weighted by molar-refractivity contribution is 9.10. The van der Waals surface area contributed by atoms with Crippen LogP contribution in [-0.2, 0) is 10.0 Å². The largest absolute Gasteiger partial charge is 0.507 e. The number of hydrogen-bond acceptors (Lipinski definition) is 4. The van der Waals surface area contributed by atoms with Crippen molar-refractivity contribution in [1.82, 2.24) is 10.3 Å². The van der Waals surface area contributed by atoms with Gasteiger partial charge in [0, 0.05) is 4.47 Å². The van der Waals surface area contributed by atoms with Gasteiger partial charge < -0.3 is 5.11 Å². The lowest BCUT2D eigenvalue weighted by Gasteiger charge is -2.09. The van der Waals surface area contributed by atoms with Gasteiger partial charge in [-0.1, -0.05) is 34.1 Å². The molecule has 2 aromatic carbocycles. The van der Waals surface area contributed by atoms with E-state index in [0.717, 1.165) is 0 Å². The van der Waals surface area contributed by atoms with Crippen LogP contribution in [0.25, 0.3) is 0 Å². The van der Waals surface area contributed by atoms with Gasteiger partial charge >= 0.3 is 0 Å². The van der Waals surface area contributed by atoms with Crippen molar-refractivity contribution in [2.45, 2.75) is 4.90 Å². The average molecular weight is 371 g/mol. The van der Waals surface area contributed by atoms with E-state index in [0.29, 0.717) is 4.47 Å². The molecule has 21 heavy (non-hydrogen) atoms. The van der Waals surface area contributed by atoms with Crippen molar-refractivity contribution >= 4 is 31.9 Å². The van der Waals surface area contributed by atoms with Crippen LogP contribution < -0.4 is 10.3 Å². The van der Waals surface area contributed by atoms with Gasteiger partial charge in [0.2, 0.25) is 0 Å². The van der Waals surface area contributed by atoms with Crippen LogP contribution in [0.2, 0.25) is 0 Å². The van der Waals surface area contributed by atoms with Crippen molar-refractivity contribution in [2.24, 2.45) is 0 Å². The minimum Gasteiger partial charge on any atom is -0.507 e. The summed E-state index contributed by atoms with van der Waals surface area (Å²) < 4.78 is 24.6. The van der Waals surface area contributed by atoms with Gasteiger partial charge in [-0.3, -0.25) is 10.2 Å². The van der Waals surface area contributed by atoms with Gasteiger partial charge in [-0.05, 0) is 30.3 Å². The van der Waals surface area contributed by atoms with E-state index in [1.807, 2.05) is 10.3 Å². The number of amides is 1. The Morgan fingerprint density at radius 2 is 1.81 bits per heavy atom. The number of benzene rings is 2. The molecule has 0 aliphatic rings. The molecule has 0 radical (unpaired) electrons. The standard InChI is InChI=1S/C13H11BrN2O4S/c14-9-4-3-5-10(8-9)21(19,20)16-15-13(18)11-6-1-2-7-12(11)17/h1-8,16-17H,(H,15,18). The molecule has 0 saturated carbocycles. The maximum absolute atomic E-state index is 12.0. The monoisotopic (exact) mass is 370 g/mol. The fourth-order valence-corrected chi connectivity index (χ4v) is 2.98. The van der Waals surface area contributed by atoms with Crippen LogP contribution in [0, 0.1) is 0 Å². The zero-order valence-corrected chi connectivity index (χ0v) is 13.0. The van der Waals surface area contributed by atoms with Crippen molar-refractivity contribution in [1.29, 1.82) is 0 Å². The molecule has 6 nitrogen and oxygen atoms in total. The van der Waals surface area contributed by atoms with Crippen LogP contribution in [0.3, 0.4) is 0 Å². The second-order valence-corrected chi connectivity index (χ2v) is 6.63. The highest BCUT2D eigenvalue weighted by Crippen LogP contribution is 2.16. The molecule has 0 bridgehead atoms. The molecular weight excluding hydrogens is 360 g/mol. The molecule has 110 valence electrons. The van der Waals surface area contributed by atoms with Crippen molar-refractivity contribution in [3.8, 4) is 5.75 Å². The molecule has 0 saturated heterocycles. The molecular formula is C13H11BrN2O4S. The normalized spacial score (nSPS) is 11.1. The first-order valence-corrected chi connectivity index (χ1v) is 8.03. The number of rotatable bonds is 4. The number of hydrogen-bond donors (Lipinski definition) is 3. The first-order valence-electron chi connectivity index (χ1n) is 5.76. The Morgan fingerprint density at radius 3 is 2.48 bits per heavy atom. The topological polar surface area (TPSA) is 95.5 Å². The summed E-state index contributed by atoms with van der Waals surface area (Å²) in [7, 11) is -3.89. The summed E-state index contributed by atoms with van der Waals surface area (Å²) in [5.74, 6) is -0.997. The molecule has 0 aromatic heterocycles. The molecule has 0 unspecified atom stereocenters. The lowest BCUT2D eigenvalue weighted by atomic mass is 10.2. The van der Waals surface area contributed by atoms with E-state index in [1.165, 1.54) is 24.3 Å². The Balaban J connectivity index is 2.12. The van der Waals surface area contributed by atoms with Crippen LogP contribution in [0.1, 0.15) is 10.4 Å².